The number of carbonyl (C=O) groups is 1. The van der Waals surface area contributed by atoms with Crippen LogP contribution in [0.5, 0.6) is 0 Å². The van der Waals surface area contributed by atoms with Crippen LogP contribution in [0.2, 0.25) is 0 Å². The largest absolute Gasteiger partial charge is 0.461 e. The summed E-state index contributed by atoms with van der Waals surface area (Å²) in [6.07, 6.45) is 5.58. The summed E-state index contributed by atoms with van der Waals surface area (Å²) in [4.78, 5) is 24.3. The minimum absolute atomic E-state index is 0.127. The molecule has 4 rings (SSSR count). The van der Waals surface area contributed by atoms with Gasteiger partial charge in [0.1, 0.15) is 12.2 Å². The highest BCUT2D eigenvalue weighted by Crippen LogP contribution is 2.49. The Morgan fingerprint density at radius 2 is 2.04 bits per heavy atom. The molecule has 2 saturated carbocycles. The Kier molecular flexibility index (Phi) is 4.83. The van der Waals surface area contributed by atoms with E-state index in [9.17, 15) is 9.59 Å². The van der Waals surface area contributed by atoms with Crippen LogP contribution in [0.3, 0.4) is 0 Å². The fourth-order valence-electron chi connectivity index (χ4n) is 5.19. The maximum atomic E-state index is 12.4. The van der Waals surface area contributed by atoms with Crippen LogP contribution >= 0.6 is 0 Å². The molecule has 0 N–H and O–H groups in total. The van der Waals surface area contributed by atoms with Crippen LogP contribution in [0.4, 0.5) is 0 Å². The monoisotopic (exact) mass is 368 g/mol. The average molecular weight is 368 g/mol. The van der Waals surface area contributed by atoms with Gasteiger partial charge in [-0.05, 0) is 73.1 Å². The molecular weight excluding hydrogens is 340 g/mol. The molecule has 0 amide bonds. The third kappa shape index (κ3) is 3.67. The zero-order valence-electron chi connectivity index (χ0n) is 16.4. The van der Waals surface area contributed by atoms with E-state index in [1.165, 1.54) is 37.3 Å². The van der Waals surface area contributed by atoms with Gasteiger partial charge < -0.3 is 9.15 Å². The highest BCUT2D eigenvalue weighted by molar-refractivity contribution is 5.82. The van der Waals surface area contributed by atoms with Gasteiger partial charge in [0.15, 0.2) is 0 Å². The highest BCUT2D eigenvalue weighted by Gasteiger charge is 2.40. The normalized spacial score (nSPS) is 24.1. The first kappa shape index (κ1) is 18.3. The van der Waals surface area contributed by atoms with E-state index in [2.05, 4.69) is 19.9 Å². The lowest BCUT2D eigenvalue weighted by Gasteiger charge is -2.20. The minimum Gasteiger partial charge on any atom is -0.461 e. The zero-order chi connectivity index (χ0) is 19.1. The van der Waals surface area contributed by atoms with Crippen molar-refractivity contribution in [3.05, 3.63) is 45.3 Å². The number of hydrogen-bond donors (Lipinski definition) is 0. The molecular formula is C23H28O4. The Labute approximate surface area is 159 Å². The van der Waals surface area contributed by atoms with Crippen molar-refractivity contribution in [2.75, 3.05) is 0 Å². The molecule has 0 spiro atoms. The van der Waals surface area contributed by atoms with Crippen LogP contribution in [0.1, 0.15) is 68.6 Å². The molecule has 0 unspecified atom stereocenters. The Hall–Kier alpha value is -2.10. The lowest BCUT2D eigenvalue weighted by Crippen LogP contribution is -2.17. The van der Waals surface area contributed by atoms with Crippen LogP contribution in [0, 0.1) is 24.7 Å². The van der Waals surface area contributed by atoms with Crippen LogP contribution < -0.4 is 5.63 Å². The van der Waals surface area contributed by atoms with Gasteiger partial charge in [-0.2, -0.15) is 0 Å². The minimum atomic E-state index is -0.404. The standard InChI is InChI=1S/C23H28O4/c1-13(2)19-11-20-18(10-23(25)27-21(20)6-14(19)3)12-26-22(24)9-17-8-15-4-5-16(17)7-15/h6,10-11,13,15-17H,4-5,7-9,12H2,1-3H3/t15-,16-,17+/m0/s1. The van der Waals surface area contributed by atoms with Crippen LogP contribution in [0.25, 0.3) is 11.0 Å². The van der Waals surface area contributed by atoms with Gasteiger partial charge in [0, 0.05) is 23.4 Å². The number of hydrogen-bond acceptors (Lipinski definition) is 4. The second kappa shape index (κ2) is 7.14. The summed E-state index contributed by atoms with van der Waals surface area (Å²) in [5, 5.41) is 0.858. The van der Waals surface area contributed by atoms with E-state index in [1.54, 1.807) is 0 Å². The van der Waals surface area contributed by atoms with E-state index >= 15 is 0 Å². The van der Waals surface area contributed by atoms with Gasteiger partial charge in [0.2, 0.25) is 0 Å². The summed E-state index contributed by atoms with van der Waals surface area (Å²) in [6, 6.07) is 5.43. The van der Waals surface area contributed by atoms with Crippen molar-refractivity contribution in [1.29, 1.82) is 0 Å². The van der Waals surface area contributed by atoms with Crippen molar-refractivity contribution < 1.29 is 13.9 Å². The van der Waals surface area contributed by atoms with Gasteiger partial charge in [-0.3, -0.25) is 4.79 Å². The Morgan fingerprint density at radius 1 is 1.22 bits per heavy atom. The fraction of sp³-hybridized carbons (Fsp3) is 0.565. The second-order valence-corrected chi connectivity index (χ2v) is 8.75. The first-order chi connectivity index (χ1) is 12.9. The molecule has 4 nitrogen and oxygen atoms in total. The second-order valence-electron chi connectivity index (χ2n) is 8.75. The van der Waals surface area contributed by atoms with Crippen LogP contribution in [-0.2, 0) is 16.1 Å². The Bertz CT molecular complexity index is 924. The summed E-state index contributed by atoms with van der Waals surface area (Å²) in [5.74, 6) is 2.25. The van der Waals surface area contributed by atoms with Crippen LogP contribution in [0.15, 0.2) is 27.4 Å². The SMILES string of the molecule is Cc1cc2oc(=O)cc(COC(=O)C[C@H]3C[C@H]4CC[C@H]3C4)c2cc1C(C)C. The van der Waals surface area contributed by atoms with E-state index in [4.69, 9.17) is 9.15 Å². The Morgan fingerprint density at radius 3 is 2.70 bits per heavy atom. The average Bonchev–Trinajstić information content (AvgIpc) is 3.21. The molecule has 144 valence electrons. The third-order valence-corrected chi connectivity index (χ3v) is 6.54. The van der Waals surface area contributed by atoms with Crippen molar-refractivity contribution in [2.45, 2.75) is 65.4 Å². The summed E-state index contributed by atoms with van der Waals surface area (Å²) in [6.45, 7) is 6.43. The fourth-order valence-corrected chi connectivity index (χ4v) is 5.19. The Balaban J connectivity index is 1.51. The molecule has 4 heteroatoms. The summed E-state index contributed by atoms with van der Waals surface area (Å²) < 4.78 is 10.9. The number of esters is 1. The van der Waals surface area contributed by atoms with E-state index in [-0.39, 0.29) is 12.6 Å². The van der Waals surface area contributed by atoms with Gasteiger partial charge in [-0.25, -0.2) is 4.79 Å². The molecule has 0 aliphatic heterocycles. The van der Waals surface area contributed by atoms with Gasteiger partial charge >= 0.3 is 11.6 Å². The number of fused-ring (bicyclic) bond motifs is 3. The number of carbonyl (C=O) groups excluding carboxylic acids is 1. The lowest BCUT2D eigenvalue weighted by atomic mass is 9.86. The van der Waals surface area contributed by atoms with Crippen molar-refractivity contribution in [3.8, 4) is 0 Å². The third-order valence-electron chi connectivity index (χ3n) is 6.54. The maximum Gasteiger partial charge on any atom is 0.336 e. The van der Waals surface area contributed by atoms with Crippen molar-refractivity contribution in [2.24, 2.45) is 17.8 Å². The predicted molar refractivity (Wildman–Crippen MR) is 105 cm³/mol. The van der Waals surface area contributed by atoms with E-state index in [0.29, 0.717) is 29.8 Å². The van der Waals surface area contributed by atoms with E-state index < -0.39 is 5.63 Å². The molecule has 0 saturated heterocycles. The lowest BCUT2D eigenvalue weighted by molar-refractivity contribution is -0.146. The van der Waals surface area contributed by atoms with Crippen molar-refractivity contribution in [1.82, 2.24) is 0 Å². The summed E-state index contributed by atoms with van der Waals surface area (Å²) in [5.41, 5.74) is 3.20. The molecule has 2 fully saturated rings. The number of rotatable bonds is 5. The molecule has 1 aromatic heterocycles. The smallest absolute Gasteiger partial charge is 0.336 e. The predicted octanol–water partition coefficient (Wildman–Crippen LogP) is 5.09. The first-order valence-corrected chi connectivity index (χ1v) is 10.1. The number of benzene rings is 1. The van der Waals surface area contributed by atoms with Gasteiger partial charge in [-0.1, -0.05) is 20.3 Å². The van der Waals surface area contributed by atoms with E-state index in [0.717, 1.165) is 22.4 Å². The number of ether oxygens (including phenoxy) is 1. The maximum absolute atomic E-state index is 12.4. The molecule has 0 radical (unpaired) electrons. The highest BCUT2D eigenvalue weighted by atomic mass is 16.5. The van der Waals surface area contributed by atoms with Gasteiger partial charge in [0.05, 0.1) is 0 Å². The zero-order valence-corrected chi connectivity index (χ0v) is 16.4. The molecule has 1 heterocycles. The molecule has 2 aromatic rings. The molecule has 2 bridgehead atoms. The first-order valence-electron chi connectivity index (χ1n) is 10.1. The molecule has 1 aromatic carbocycles. The summed E-state index contributed by atoms with van der Waals surface area (Å²) >= 11 is 0. The molecule has 2 aliphatic rings. The van der Waals surface area contributed by atoms with Crippen molar-refractivity contribution >= 4 is 16.9 Å². The summed E-state index contributed by atoms with van der Waals surface area (Å²) in [7, 11) is 0. The van der Waals surface area contributed by atoms with E-state index in [1.807, 2.05) is 13.0 Å². The van der Waals surface area contributed by atoms with Gasteiger partial charge in [-0.15, -0.1) is 0 Å². The van der Waals surface area contributed by atoms with Crippen molar-refractivity contribution in [3.63, 3.8) is 0 Å². The van der Waals surface area contributed by atoms with Crippen LogP contribution in [-0.4, -0.2) is 5.97 Å². The topological polar surface area (TPSA) is 56.5 Å². The molecule has 27 heavy (non-hydrogen) atoms. The van der Waals surface area contributed by atoms with Gasteiger partial charge in [0.25, 0.3) is 0 Å². The molecule has 2 aliphatic carbocycles. The molecule has 3 atom stereocenters. The number of aryl methyl sites for hydroxylation is 1. The quantitative estimate of drug-likeness (QED) is 0.544.